The maximum atomic E-state index is 11.9. The number of carbonyl (C=O) groups is 1. The van der Waals surface area contributed by atoms with Gasteiger partial charge in [-0.1, -0.05) is 0 Å². The van der Waals surface area contributed by atoms with Crippen molar-refractivity contribution < 1.29 is 9.00 Å². The molecule has 94 valence electrons. The minimum atomic E-state index is -1.03. The predicted molar refractivity (Wildman–Crippen MR) is 69.9 cm³/mol. The first-order valence-corrected chi connectivity index (χ1v) is 6.86. The summed E-state index contributed by atoms with van der Waals surface area (Å²) in [6.07, 6.45) is 3.35. The van der Waals surface area contributed by atoms with Gasteiger partial charge in [0.15, 0.2) is 5.82 Å². The third kappa shape index (κ3) is 2.84. The highest BCUT2D eigenvalue weighted by Gasteiger charge is 2.08. The number of rotatable bonds is 3. The van der Waals surface area contributed by atoms with Gasteiger partial charge in [-0.25, -0.2) is 0 Å². The molecule has 1 heterocycles. The van der Waals surface area contributed by atoms with Crippen LogP contribution in [-0.2, 0) is 17.8 Å². The van der Waals surface area contributed by atoms with E-state index in [0.29, 0.717) is 16.3 Å². The van der Waals surface area contributed by atoms with Crippen LogP contribution in [-0.4, -0.2) is 26.2 Å². The number of hydrogen-bond acceptors (Lipinski definition) is 3. The van der Waals surface area contributed by atoms with Gasteiger partial charge < -0.3 is 5.32 Å². The molecule has 0 saturated carbocycles. The lowest BCUT2D eigenvalue weighted by Gasteiger charge is -2.02. The Morgan fingerprint density at radius 3 is 2.44 bits per heavy atom. The topological polar surface area (TPSA) is 64.0 Å². The number of anilines is 1. The van der Waals surface area contributed by atoms with Crippen LogP contribution in [0.25, 0.3) is 0 Å². The molecule has 1 aromatic carbocycles. The normalized spacial score (nSPS) is 12.1. The van der Waals surface area contributed by atoms with E-state index in [1.54, 1.807) is 54.5 Å². The summed E-state index contributed by atoms with van der Waals surface area (Å²) in [4.78, 5) is 12.6. The van der Waals surface area contributed by atoms with Crippen LogP contribution >= 0.6 is 0 Å². The van der Waals surface area contributed by atoms with E-state index in [1.807, 2.05) is 0 Å². The molecule has 0 aliphatic heterocycles. The highest BCUT2D eigenvalue weighted by Crippen LogP contribution is 2.10. The first-order chi connectivity index (χ1) is 8.56. The van der Waals surface area contributed by atoms with E-state index in [9.17, 15) is 9.00 Å². The van der Waals surface area contributed by atoms with Crippen molar-refractivity contribution in [3.05, 3.63) is 42.1 Å². The van der Waals surface area contributed by atoms with Gasteiger partial charge in [0.1, 0.15) is 0 Å². The van der Waals surface area contributed by atoms with Crippen molar-refractivity contribution in [2.45, 2.75) is 4.90 Å². The quantitative estimate of drug-likeness (QED) is 0.910. The molecule has 0 fully saturated rings. The Bertz CT molecular complexity index is 590. The predicted octanol–water partition coefficient (Wildman–Crippen LogP) is 1.41. The van der Waals surface area contributed by atoms with Crippen molar-refractivity contribution in [2.75, 3.05) is 11.6 Å². The highest BCUT2D eigenvalue weighted by atomic mass is 32.2. The summed E-state index contributed by atoms with van der Waals surface area (Å²) in [5.41, 5.74) is 0.509. The van der Waals surface area contributed by atoms with Crippen LogP contribution in [0.3, 0.4) is 0 Å². The van der Waals surface area contributed by atoms with Crippen LogP contribution in [0.15, 0.2) is 41.4 Å². The van der Waals surface area contributed by atoms with Crippen LogP contribution < -0.4 is 5.32 Å². The molecule has 1 N–H and O–H groups in total. The summed E-state index contributed by atoms with van der Waals surface area (Å²) in [6, 6.07) is 8.38. The third-order valence-corrected chi connectivity index (χ3v) is 3.34. The number of benzene rings is 1. The van der Waals surface area contributed by atoms with Gasteiger partial charge in [0.25, 0.3) is 5.91 Å². The Kier molecular flexibility index (Phi) is 3.57. The maximum Gasteiger partial charge on any atom is 0.256 e. The molecule has 0 radical (unpaired) electrons. The minimum Gasteiger partial charge on any atom is -0.305 e. The number of nitrogens with zero attached hydrogens (tertiary/aromatic N) is 2. The fourth-order valence-corrected chi connectivity index (χ4v) is 1.99. The molecule has 2 rings (SSSR count). The van der Waals surface area contributed by atoms with E-state index in [2.05, 4.69) is 10.4 Å². The van der Waals surface area contributed by atoms with Gasteiger partial charge in [-0.3, -0.25) is 13.7 Å². The summed E-state index contributed by atoms with van der Waals surface area (Å²) >= 11 is 0. The van der Waals surface area contributed by atoms with E-state index in [1.165, 1.54) is 0 Å². The van der Waals surface area contributed by atoms with Gasteiger partial charge in [0.05, 0.1) is 0 Å². The second-order valence-corrected chi connectivity index (χ2v) is 5.19. The van der Waals surface area contributed by atoms with Crippen molar-refractivity contribution in [3.63, 3.8) is 0 Å². The Balaban J connectivity index is 2.11. The van der Waals surface area contributed by atoms with Gasteiger partial charge in [-0.05, 0) is 24.3 Å². The largest absolute Gasteiger partial charge is 0.305 e. The number of aryl methyl sites for hydroxylation is 1. The number of amides is 1. The number of nitrogens with one attached hydrogen (secondary N) is 1. The first-order valence-electron chi connectivity index (χ1n) is 5.31. The maximum absolute atomic E-state index is 11.9. The molecule has 1 atom stereocenters. The second-order valence-electron chi connectivity index (χ2n) is 3.81. The molecule has 2 aromatic rings. The van der Waals surface area contributed by atoms with Crippen LogP contribution in [0, 0.1) is 0 Å². The molecular weight excluding hydrogens is 250 g/mol. The van der Waals surface area contributed by atoms with Crippen LogP contribution in [0.2, 0.25) is 0 Å². The van der Waals surface area contributed by atoms with Crippen molar-refractivity contribution in [1.29, 1.82) is 0 Å². The van der Waals surface area contributed by atoms with E-state index >= 15 is 0 Å². The summed E-state index contributed by atoms with van der Waals surface area (Å²) in [5, 5.41) is 6.74. The van der Waals surface area contributed by atoms with Crippen molar-refractivity contribution >= 4 is 22.5 Å². The van der Waals surface area contributed by atoms with Gasteiger partial charge in [0, 0.05) is 46.8 Å². The lowest BCUT2D eigenvalue weighted by Crippen LogP contribution is -2.12. The van der Waals surface area contributed by atoms with Crippen molar-refractivity contribution in [1.82, 2.24) is 9.78 Å². The molecule has 0 aliphatic rings. The molecular formula is C12H13N3O2S. The average molecular weight is 263 g/mol. The zero-order valence-electron chi connectivity index (χ0n) is 10.1. The fraction of sp³-hybridized carbons (Fsp3) is 0.167. The number of carbonyl (C=O) groups excluding carboxylic acids is 1. The Hall–Kier alpha value is -1.95. The second kappa shape index (κ2) is 5.14. The molecule has 1 amide bonds. The molecule has 0 spiro atoms. The van der Waals surface area contributed by atoms with Crippen LogP contribution in [0.5, 0.6) is 0 Å². The zero-order valence-corrected chi connectivity index (χ0v) is 10.9. The average Bonchev–Trinajstić information content (AvgIpc) is 2.75. The molecule has 0 aliphatic carbocycles. The molecule has 5 nitrogen and oxygen atoms in total. The monoisotopic (exact) mass is 263 g/mol. The summed E-state index contributed by atoms with van der Waals surface area (Å²) < 4.78 is 12.8. The van der Waals surface area contributed by atoms with E-state index < -0.39 is 10.8 Å². The summed E-state index contributed by atoms with van der Waals surface area (Å²) in [5.74, 6) is 0.271. The zero-order chi connectivity index (χ0) is 13.1. The molecule has 1 unspecified atom stereocenters. The Morgan fingerprint density at radius 2 is 1.94 bits per heavy atom. The first kappa shape index (κ1) is 12.5. The van der Waals surface area contributed by atoms with Crippen LogP contribution in [0.4, 0.5) is 5.82 Å². The van der Waals surface area contributed by atoms with E-state index in [4.69, 9.17) is 0 Å². The van der Waals surface area contributed by atoms with Gasteiger partial charge in [-0.15, -0.1) is 0 Å². The summed E-state index contributed by atoms with van der Waals surface area (Å²) in [7, 11) is 0.746. The smallest absolute Gasteiger partial charge is 0.256 e. The van der Waals surface area contributed by atoms with Gasteiger partial charge in [0.2, 0.25) is 0 Å². The Labute approximate surface area is 107 Å². The number of aromatic nitrogens is 2. The minimum absolute atomic E-state index is 0.234. The lowest BCUT2D eigenvalue weighted by molar-refractivity contribution is 0.102. The van der Waals surface area contributed by atoms with Gasteiger partial charge in [-0.2, -0.15) is 5.10 Å². The van der Waals surface area contributed by atoms with Crippen LogP contribution in [0.1, 0.15) is 10.4 Å². The molecule has 0 saturated heterocycles. The molecule has 6 heteroatoms. The number of hydrogen-bond donors (Lipinski definition) is 1. The Morgan fingerprint density at radius 1 is 1.28 bits per heavy atom. The van der Waals surface area contributed by atoms with E-state index in [-0.39, 0.29) is 5.91 Å². The fourth-order valence-electron chi connectivity index (χ4n) is 1.47. The van der Waals surface area contributed by atoms with Gasteiger partial charge >= 0.3 is 0 Å². The summed E-state index contributed by atoms with van der Waals surface area (Å²) in [6.45, 7) is 0. The third-order valence-electron chi connectivity index (χ3n) is 2.40. The lowest BCUT2D eigenvalue weighted by atomic mass is 10.2. The van der Waals surface area contributed by atoms with E-state index in [0.717, 1.165) is 0 Å². The molecule has 1 aromatic heterocycles. The van der Waals surface area contributed by atoms with Crippen molar-refractivity contribution in [3.8, 4) is 0 Å². The molecule has 18 heavy (non-hydrogen) atoms. The molecule has 0 bridgehead atoms. The van der Waals surface area contributed by atoms with Crippen molar-refractivity contribution in [2.24, 2.45) is 7.05 Å². The highest BCUT2D eigenvalue weighted by molar-refractivity contribution is 7.84. The standard InChI is InChI=1S/C12H13N3O2S/c1-15-8-7-11(14-15)13-12(16)9-3-5-10(6-4-9)18(2)17/h3-8H,1-2H3,(H,13,14,16). The SMILES string of the molecule is Cn1ccc(NC(=O)c2ccc(S(C)=O)cc2)n1.